The second-order valence-electron chi connectivity index (χ2n) is 4.34. The largest absolute Gasteiger partial charge is 0.497 e. The van der Waals surface area contributed by atoms with Gasteiger partial charge < -0.3 is 19.5 Å². The maximum absolute atomic E-state index is 12.0. The zero-order chi connectivity index (χ0) is 15.1. The standard InChI is InChI=1S/C14H19NO5/c1-10(14(18)15(2)8-7-13(16)17)20-12-6-4-5-11(9-12)19-3/h4-6,9-10H,7-8H2,1-3H3,(H,16,17). The number of carbonyl (C=O) groups is 2. The first-order valence-electron chi connectivity index (χ1n) is 6.21. The van der Waals surface area contributed by atoms with Crippen LogP contribution in [0, 0.1) is 0 Å². The molecule has 1 aromatic carbocycles. The third kappa shape index (κ3) is 4.79. The molecular formula is C14H19NO5. The van der Waals surface area contributed by atoms with Crippen LogP contribution in [-0.4, -0.2) is 48.7 Å². The van der Waals surface area contributed by atoms with Crippen LogP contribution in [0.4, 0.5) is 0 Å². The van der Waals surface area contributed by atoms with Crippen LogP contribution in [0.2, 0.25) is 0 Å². The number of hydrogen-bond donors (Lipinski definition) is 1. The summed E-state index contributed by atoms with van der Waals surface area (Å²) in [5.74, 6) is -0.0432. The number of methoxy groups -OCH3 is 1. The average Bonchev–Trinajstić information content (AvgIpc) is 2.43. The van der Waals surface area contributed by atoms with Gasteiger partial charge in [0.05, 0.1) is 13.5 Å². The van der Waals surface area contributed by atoms with Crippen molar-refractivity contribution in [2.75, 3.05) is 20.7 Å². The number of ether oxygens (including phenoxy) is 2. The summed E-state index contributed by atoms with van der Waals surface area (Å²) in [5.41, 5.74) is 0. The Morgan fingerprint density at radius 1 is 1.35 bits per heavy atom. The van der Waals surface area contributed by atoms with Crippen molar-refractivity contribution >= 4 is 11.9 Å². The molecule has 1 N–H and O–H groups in total. The number of amides is 1. The number of aliphatic carboxylic acids is 1. The number of likely N-dealkylation sites (N-methyl/N-ethyl adjacent to an activating group) is 1. The number of hydrogen-bond acceptors (Lipinski definition) is 4. The molecule has 1 unspecified atom stereocenters. The number of benzene rings is 1. The van der Waals surface area contributed by atoms with E-state index in [0.717, 1.165) is 0 Å². The van der Waals surface area contributed by atoms with Crippen LogP contribution >= 0.6 is 0 Å². The predicted octanol–water partition coefficient (Wildman–Crippen LogP) is 1.40. The summed E-state index contributed by atoms with van der Waals surface area (Å²) in [4.78, 5) is 23.8. The fourth-order valence-corrected chi connectivity index (χ4v) is 1.61. The van der Waals surface area contributed by atoms with Gasteiger partial charge in [0, 0.05) is 19.7 Å². The van der Waals surface area contributed by atoms with Crippen LogP contribution in [0.15, 0.2) is 24.3 Å². The summed E-state index contributed by atoms with van der Waals surface area (Å²) in [6.07, 6.45) is -0.783. The maximum Gasteiger partial charge on any atom is 0.305 e. The number of carboxylic acids is 1. The van der Waals surface area contributed by atoms with Crippen molar-refractivity contribution in [1.29, 1.82) is 0 Å². The van der Waals surface area contributed by atoms with Crippen molar-refractivity contribution in [3.8, 4) is 11.5 Å². The van der Waals surface area contributed by atoms with E-state index in [1.54, 1.807) is 45.3 Å². The molecule has 110 valence electrons. The van der Waals surface area contributed by atoms with E-state index >= 15 is 0 Å². The van der Waals surface area contributed by atoms with E-state index in [1.165, 1.54) is 4.90 Å². The molecule has 0 aliphatic rings. The van der Waals surface area contributed by atoms with E-state index in [2.05, 4.69) is 0 Å². The van der Waals surface area contributed by atoms with Gasteiger partial charge in [-0.25, -0.2) is 0 Å². The van der Waals surface area contributed by atoms with Gasteiger partial charge >= 0.3 is 5.97 Å². The normalized spacial score (nSPS) is 11.6. The van der Waals surface area contributed by atoms with Gasteiger partial charge in [-0.15, -0.1) is 0 Å². The number of rotatable bonds is 7. The van der Waals surface area contributed by atoms with Crippen molar-refractivity contribution in [3.63, 3.8) is 0 Å². The minimum atomic E-state index is -0.939. The SMILES string of the molecule is COc1cccc(OC(C)C(=O)N(C)CCC(=O)O)c1. The lowest BCUT2D eigenvalue weighted by Crippen LogP contribution is -2.38. The highest BCUT2D eigenvalue weighted by atomic mass is 16.5. The van der Waals surface area contributed by atoms with E-state index in [9.17, 15) is 9.59 Å². The Balaban J connectivity index is 2.58. The molecule has 0 saturated heterocycles. The Kier molecular flexibility index (Phi) is 5.83. The van der Waals surface area contributed by atoms with Crippen LogP contribution in [0.3, 0.4) is 0 Å². The second-order valence-corrected chi connectivity index (χ2v) is 4.34. The highest BCUT2D eigenvalue weighted by Crippen LogP contribution is 2.20. The molecule has 0 heterocycles. The molecule has 1 atom stereocenters. The van der Waals surface area contributed by atoms with Gasteiger partial charge in [0.2, 0.25) is 0 Å². The van der Waals surface area contributed by atoms with Crippen LogP contribution in [0.1, 0.15) is 13.3 Å². The first-order valence-corrected chi connectivity index (χ1v) is 6.21. The van der Waals surface area contributed by atoms with Gasteiger partial charge in [-0.2, -0.15) is 0 Å². The first-order chi connectivity index (χ1) is 9.43. The molecule has 6 heteroatoms. The minimum Gasteiger partial charge on any atom is -0.497 e. The lowest BCUT2D eigenvalue weighted by Gasteiger charge is -2.21. The highest BCUT2D eigenvalue weighted by molar-refractivity contribution is 5.81. The highest BCUT2D eigenvalue weighted by Gasteiger charge is 2.19. The zero-order valence-corrected chi connectivity index (χ0v) is 11.8. The molecule has 0 radical (unpaired) electrons. The summed E-state index contributed by atoms with van der Waals surface area (Å²) >= 11 is 0. The van der Waals surface area contributed by atoms with Crippen molar-refractivity contribution in [2.24, 2.45) is 0 Å². The maximum atomic E-state index is 12.0. The van der Waals surface area contributed by atoms with Crippen LogP contribution in [0.25, 0.3) is 0 Å². The van der Waals surface area contributed by atoms with Crippen molar-refractivity contribution < 1.29 is 24.2 Å². The fraction of sp³-hybridized carbons (Fsp3) is 0.429. The van der Waals surface area contributed by atoms with Gasteiger partial charge in [-0.05, 0) is 19.1 Å². The minimum absolute atomic E-state index is 0.0892. The molecule has 0 fully saturated rings. The topological polar surface area (TPSA) is 76.1 Å². The molecule has 0 aromatic heterocycles. The Hall–Kier alpha value is -2.24. The van der Waals surface area contributed by atoms with Crippen molar-refractivity contribution in [3.05, 3.63) is 24.3 Å². The molecular weight excluding hydrogens is 262 g/mol. The quantitative estimate of drug-likeness (QED) is 0.817. The molecule has 1 amide bonds. The summed E-state index contributed by atoms with van der Waals surface area (Å²) < 4.78 is 10.6. The van der Waals surface area contributed by atoms with Gasteiger partial charge in [-0.1, -0.05) is 6.07 Å². The fourth-order valence-electron chi connectivity index (χ4n) is 1.61. The average molecular weight is 281 g/mol. The molecule has 0 spiro atoms. The summed E-state index contributed by atoms with van der Waals surface area (Å²) in [7, 11) is 3.10. The Morgan fingerprint density at radius 3 is 2.60 bits per heavy atom. The van der Waals surface area contributed by atoms with Crippen LogP contribution in [0.5, 0.6) is 11.5 Å². The smallest absolute Gasteiger partial charge is 0.305 e. The number of nitrogens with zero attached hydrogens (tertiary/aromatic N) is 1. The van der Waals surface area contributed by atoms with Crippen LogP contribution < -0.4 is 9.47 Å². The molecule has 0 aliphatic carbocycles. The van der Waals surface area contributed by atoms with Crippen molar-refractivity contribution in [1.82, 2.24) is 4.90 Å². The molecule has 6 nitrogen and oxygen atoms in total. The second kappa shape index (κ2) is 7.37. The Labute approximate surface area is 117 Å². The molecule has 0 aliphatic heterocycles. The molecule has 1 rings (SSSR count). The predicted molar refractivity (Wildman–Crippen MR) is 73.0 cm³/mol. The molecule has 20 heavy (non-hydrogen) atoms. The van der Waals surface area contributed by atoms with E-state index in [1.807, 2.05) is 0 Å². The summed E-state index contributed by atoms with van der Waals surface area (Å²) in [6.45, 7) is 1.78. The summed E-state index contributed by atoms with van der Waals surface area (Å²) in [5, 5.41) is 8.59. The monoisotopic (exact) mass is 281 g/mol. The number of carboxylic acid groups (broad SMARTS) is 1. The van der Waals surface area contributed by atoms with E-state index in [-0.39, 0.29) is 18.9 Å². The van der Waals surface area contributed by atoms with E-state index in [4.69, 9.17) is 14.6 Å². The first kappa shape index (κ1) is 15.8. The van der Waals surface area contributed by atoms with Crippen LogP contribution in [-0.2, 0) is 9.59 Å². The zero-order valence-electron chi connectivity index (χ0n) is 11.8. The third-order valence-corrected chi connectivity index (χ3v) is 2.74. The molecule has 0 bridgehead atoms. The van der Waals surface area contributed by atoms with Gasteiger partial charge in [0.25, 0.3) is 5.91 Å². The Bertz CT molecular complexity index is 474. The summed E-state index contributed by atoms with van der Waals surface area (Å²) in [6, 6.07) is 6.95. The van der Waals surface area contributed by atoms with Gasteiger partial charge in [0.1, 0.15) is 11.5 Å². The molecule has 0 saturated carbocycles. The van der Waals surface area contributed by atoms with E-state index in [0.29, 0.717) is 11.5 Å². The number of carbonyl (C=O) groups excluding carboxylic acids is 1. The lowest BCUT2D eigenvalue weighted by atomic mass is 10.3. The van der Waals surface area contributed by atoms with Gasteiger partial charge in [0.15, 0.2) is 6.10 Å². The van der Waals surface area contributed by atoms with Gasteiger partial charge in [-0.3, -0.25) is 9.59 Å². The van der Waals surface area contributed by atoms with Crippen molar-refractivity contribution in [2.45, 2.75) is 19.4 Å². The lowest BCUT2D eigenvalue weighted by molar-refractivity contribution is -0.140. The van der Waals surface area contributed by atoms with E-state index < -0.39 is 12.1 Å². The molecule has 1 aromatic rings. The third-order valence-electron chi connectivity index (χ3n) is 2.74. The Morgan fingerprint density at radius 2 is 2.00 bits per heavy atom.